The van der Waals surface area contributed by atoms with Crippen molar-refractivity contribution >= 4 is 29.0 Å². The lowest BCUT2D eigenvalue weighted by molar-refractivity contribution is -0.120. The topological polar surface area (TPSA) is 67.2 Å². The summed E-state index contributed by atoms with van der Waals surface area (Å²) in [6, 6.07) is 16.7. The van der Waals surface area contributed by atoms with Crippen LogP contribution in [0.4, 0.5) is 11.5 Å². The number of nitrogens with one attached hydrogen (secondary N) is 1. The molecule has 1 saturated heterocycles. The van der Waals surface area contributed by atoms with Crippen molar-refractivity contribution in [3.63, 3.8) is 0 Å². The lowest BCUT2D eigenvalue weighted by Crippen LogP contribution is -2.39. The third kappa shape index (κ3) is 4.86. The Bertz CT molecular complexity index is 1170. The van der Waals surface area contributed by atoms with Crippen LogP contribution in [0.2, 0.25) is 5.02 Å². The minimum absolute atomic E-state index is 0.0125. The highest BCUT2D eigenvalue weighted by atomic mass is 35.5. The Morgan fingerprint density at radius 2 is 1.81 bits per heavy atom. The molecule has 0 atom stereocenters. The van der Waals surface area contributed by atoms with Gasteiger partial charge >= 0.3 is 0 Å². The summed E-state index contributed by atoms with van der Waals surface area (Å²) in [7, 11) is 0. The average Bonchev–Trinajstić information content (AvgIpc) is 2.82. The molecule has 0 bridgehead atoms. The second-order valence-electron chi connectivity index (χ2n) is 8.18. The molecule has 3 aromatic rings. The van der Waals surface area contributed by atoms with Gasteiger partial charge in [0.2, 0.25) is 5.91 Å². The summed E-state index contributed by atoms with van der Waals surface area (Å²) in [6.07, 6.45) is 2.39. The van der Waals surface area contributed by atoms with Crippen molar-refractivity contribution in [3.8, 4) is 5.69 Å². The Labute approximate surface area is 192 Å². The summed E-state index contributed by atoms with van der Waals surface area (Å²) in [5.74, 6) is 0.686. The molecule has 1 fully saturated rings. The first-order valence-electron chi connectivity index (χ1n) is 11.0. The van der Waals surface area contributed by atoms with Crippen LogP contribution < -0.4 is 15.8 Å². The van der Waals surface area contributed by atoms with E-state index in [-0.39, 0.29) is 17.4 Å². The molecule has 0 saturated carbocycles. The van der Waals surface area contributed by atoms with Crippen LogP contribution in [0.15, 0.2) is 59.4 Å². The normalized spacial score (nSPS) is 14.4. The highest BCUT2D eigenvalue weighted by Gasteiger charge is 2.26. The summed E-state index contributed by atoms with van der Waals surface area (Å²) < 4.78 is 1.44. The fraction of sp³-hybridized carbons (Fsp3) is 0.320. The molecular formula is C25H27ClN4O2. The third-order valence-corrected chi connectivity index (χ3v) is 6.41. The van der Waals surface area contributed by atoms with E-state index in [2.05, 4.69) is 22.2 Å². The molecule has 0 unspecified atom stereocenters. The Morgan fingerprint density at radius 1 is 1.09 bits per heavy atom. The number of rotatable bonds is 5. The summed E-state index contributed by atoms with van der Waals surface area (Å²) >= 11 is 6.16. The number of carbonyl (C=O) groups excluding carboxylic acids is 1. The number of benzene rings is 2. The van der Waals surface area contributed by atoms with Crippen molar-refractivity contribution in [1.29, 1.82) is 0 Å². The predicted octanol–water partition coefficient (Wildman–Crippen LogP) is 4.61. The lowest BCUT2D eigenvalue weighted by atomic mass is 9.95. The minimum Gasteiger partial charge on any atom is -0.355 e. The van der Waals surface area contributed by atoms with Crippen molar-refractivity contribution in [1.82, 2.24) is 9.78 Å². The number of amides is 1. The number of nitrogens with zero attached hydrogens (tertiary/aromatic N) is 3. The van der Waals surface area contributed by atoms with Crippen LogP contribution in [0.25, 0.3) is 5.69 Å². The molecule has 1 aromatic heterocycles. The maximum absolute atomic E-state index is 12.7. The van der Waals surface area contributed by atoms with E-state index in [9.17, 15) is 9.59 Å². The van der Waals surface area contributed by atoms with E-state index in [1.54, 1.807) is 18.2 Å². The summed E-state index contributed by atoms with van der Waals surface area (Å²) in [5, 5.41) is 8.21. The van der Waals surface area contributed by atoms with Crippen LogP contribution in [-0.2, 0) is 11.2 Å². The van der Waals surface area contributed by atoms with Gasteiger partial charge in [0.05, 0.1) is 5.69 Å². The van der Waals surface area contributed by atoms with Crippen LogP contribution in [-0.4, -0.2) is 28.8 Å². The summed E-state index contributed by atoms with van der Waals surface area (Å²) in [6.45, 7) is 5.43. The quantitative estimate of drug-likeness (QED) is 0.616. The van der Waals surface area contributed by atoms with E-state index in [0.717, 1.165) is 42.0 Å². The van der Waals surface area contributed by atoms with Gasteiger partial charge in [-0.3, -0.25) is 9.59 Å². The molecule has 0 aliphatic carbocycles. The number of hydrogen-bond acceptors (Lipinski definition) is 4. The van der Waals surface area contributed by atoms with Gasteiger partial charge in [0.15, 0.2) is 0 Å². The van der Waals surface area contributed by atoms with Crippen molar-refractivity contribution in [2.75, 3.05) is 23.3 Å². The zero-order valence-corrected chi connectivity index (χ0v) is 19.1. The molecule has 4 rings (SSSR count). The first-order chi connectivity index (χ1) is 15.4. The smallest absolute Gasteiger partial charge is 0.271 e. The molecule has 0 spiro atoms. The SMILES string of the molecule is CCc1ccc(-n2nc(N3CCC(C(=O)Nc4ccc(C)c(Cl)c4)CC3)ccc2=O)cc1. The number of carbonyl (C=O) groups is 1. The standard InChI is InChI=1S/C25H27ClN4O2/c1-3-18-5-8-21(9-6-18)30-24(31)11-10-23(28-30)29-14-12-19(13-15-29)25(32)27-20-7-4-17(2)22(26)16-20/h4-11,16,19H,3,12-15H2,1-2H3,(H,27,32). The number of aryl methyl sites for hydroxylation is 2. The summed E-state index contributed by atoms with van der Waals surface area (Å²) in [4.78, 5) is 27.2. The highest BCUT2D eigenvalue weighted by molar-refractivity contribution is 6.31. The first kappa shape index (κ1) is 22.1. The van der Waals surface area contributed by atoms with Gasteiger partial charge in [-0.25, -0.2) is 0 Å². The number of halogens is 1. The molecular weight excluding hydrogens is 424 g/mol. The van der Waals surface area contributed by atoms with E-state index in [1.165, 1.54) is 10.2 Å². The van der Waals surface area contributed by atoms with E-state index in [0.29, 0.717) is 18.1 Å². The molecule has 2 heterocycles. The van der Waals surface area contributed by atoms with Gasteiger partial charge in [0.25, 0.3) is 5.56 Å². The van der Waals surface area contributed by atoms with Crippen molar-refractivity contribution < 1.29 is 4.79 Å². The third-order valence-electron chi connectivity index (χ3n) is 6.00. The number of piperidine rings is 1. The molecule has 2 aromatic carbocycles. The van der Waals surface area contributed by atoms with E-state index >= 15 is 0 Å². The van der Waals surface area contributed by atoms with Gasteiger partial charge < -0.3 is 10.2 Å². The van der Waals surface area contributed by atoms with Gasteiger partial charge in [0, 0.05) is 35.8 Å². The van der Waals surface area contributed by atoms with Gasteiger partial charge in [-0.1, -0.05) is 36.7 Å². The molecule has 7 heteroatoms. The maximum Gasteiger partial charge on any atom is 0.271 e. The number of aromatic nitrogens is 2. The Balaban J connectivity index is 1.42. The van der Waals surface area contributed by atoms with Crippen molar-refractivity contribution in [2.24, 2.45) is 5.92 Å². The van der Waals surface area contributed by atoms with Crippen molar-refractivity contribution in [3.05, 3.63) is 81.1 Å². The predicted molar refractivity (Wildman–Crippen MR) is 129 cm³/mol. The summed E-state index contributed by atoms with van der Waals surface area (Å²) in [5.41, 5.74) is 3.50. The minimum atomic E-state index is -0.163. The maximum atomic E-state index is 12.7. The molecule has 1 N–H and O–H groups in total. The van der Waals surface area contributed by atoms with Gasteiger partial charge in [-0.2, -0.15) is 4.68 Å². The van der Waals surface area contributed by atoms with Crippen LogP contribution in [0.1, 0.15) is 30.9 Å². The van der Waals surface area contributed by atoms with E-state index in [4.69, 9.17) is 11.6 Å². The largest absolute Gasteiger partial charge is 0.355 e. The second-order valence-corrected chi connectivity index (χ2v) is 8.58. The molecule has 32 heavy (non-hydrogen) atoms. The fourth-order valence-electron chi connectivity index (χ4n) is 3.91. The van der Waals surface area contributed by atoms with Gasteiger partial charge in [-0.15, -0.1) is 5.10 Å². The Morgan fingerprint density at radius 3 is 2.47 bits per heavy atom. The highest BCUT2D eigenvalue weighted by Crippen LogP contribution is 2.25. The monoisotopic (exact) mass is 450 g/mol. The van der Waals surface area contributed by atoms with E-state index in [1.807, 2.05) is 43.3 Å². The first-order valence-corrected chi connectivity index (χ1v) is 11.3. The lowest BCUT2D eigenvalue weighted by Gasteiger charge is -2.32. The fourth-order valence-corrected chi connectivity index (χ4v) is 4.09. The van der Waals surface area contributed by atoms with Gasteiger partial charge in [-0.05, 0) is 67.6 Å². The van der Waals surface area contributed by atoms with E-state index < -0.39 is 0 Å². The molecule has 1 amide bonds. The zero-order valence-electron chi connectivity index (χ0n) is 18.3. The second kappa shape index (κ2) is 9.57. The zero-order chi connectivity index (χ0) is 22.7. The molecule has 1 aliphatic heterocycles. The Kier molecular flexibility index (Phi) is 6.61. The van der Waals surface area contributed by atoms with Crippen molar-refractivity contribution in [2.45, 2.75) is 33.1 Å². The van der Waals surface area contributed by atoms with Gasteiger partial charge in [0.1, 0.15) is 5.82 Å². The molecule has 0 radical (unpaired) electrons. The molecule has 1 aliphatic rings. The number of hydrogen-bond donors (Lipinski definition) is 1. The molecule has 6 nitrogen and oxygen atoms in total. The Hall–Kier alpha value is -3.12. The average molecular weight is 451 g/mol. The number of anilines is 2. The van der Waals surface area contributed by atoms with Crippen LogP contribution in [0.3, 0.4) is 0 Å². The van der Waals surface area contributed by atoms with Crippen LogP contribution in [0.5, 0.6) is 0 Å². The van der Waals surface area contributed by atoms with Crippen LogP contribution >= 0.6 is 11.6 Å². The van der Waals surface area contributed by atoms with Crippen LogP contribution in [0, 0.1) is 12.8 Å². The molecule has 166 valence electrons.